The van der Waals surface area contributed by atoms with Gasteiger partial charge in [-0.1, -0.05) is 44.5 Å². The molecule has 1 saturated heterocycles. The summed E-state index contributed by atoms with van der Waals surface area (Å²) in [4.78, 5) is 40.4. The molecule has 1 aromatic carbocycles. The normalized spacial score (nSPS) is 19.8. The molecule has 2 atom stereocenters. The maximum atomic E-state index is 13.7. The number of aryl methyl sites for hydroxylation is 1. The third-order valence-electron chi connectivity index (χ3n) is 6.95. The first kappa shape index (κ1) is 27.3. The van der Waals surface area contributed by atoms with Crippen molar-refractivity contribution in [2.75, 3.05) is 13.2 Å². The van der Waals surface area contributed by atoms with Crippen LogP contribution < -0.4 is 10.9 Å². The number of hydrogen-bond acceptors (Lipinski definition) is 6. The molecule has 202 valence electrons. The van der Waals surface area contributed by atoms with Crippen LogP contribution in [0, 0.1) is 5.41 Å². The highest BCUT2D eigenvalue weighted by Crippen LogP contribution is 2.37. The molecule has 1 aliphatic rings. The van der Waals surface area contributed by atoms with E-state index in [-0.39, 0.29) is 24.9 Å². The number of carbonyl (C=O) groups excluding carboxylic acids is 1. The van der Waals surface area contributed by atoms with Gasteiger partial charge in [0.1, 0.15) is 11.3 Å². The van der Waals surface area contributed by atoms with E-state index in [4.69, 9.17) is 11.6 Å². The Morgan fingerprint density at radius 2 is 1.92 bits per heavy atom. The van der Waals surface area contributed by atoms with Crippen molar-refractivity contribution in [2.24, 2.45) is 12.5 Å². The van der Waals surface area contributed by atoms with Gasteiger partial charge < -0.3 is 20.4 Å². The molecular weight excluding hydrogens is 512 g/mol. The number of piperidine rings is 1. The number of halogens is 1. The molecule has 2 unspecified atom stereocenters. The molecule has 0 aliphatic carbocycles. The number of nitrogens with zero attached hydrogens (tertiary/aromatic N) is 5. The van der Waals surface area contributed by atoms with Crippen molar-refractivity contribution in [3.63, 3.8) is 0 Å². The first-order valence-electron chi connectivity index (χ1n) is 12.2. The Balaban J connectivity index is 1.76. The smallest absolute Gasteiger partial charge is 0.407 e. The SMILES string of the molecule is Cn1cc(-n2nc(-c3ccc(Cl)cc3)cc(C(=O)NC3(CO)CCN(C(=O)O)C(C(C)(C)C)C3)c2=O)cn1. The van der Waals surface area contributed by atoms with Crippen LogP contribution in [0.3, 0.4) is 0 Å². The highest BCUT2D eigenvalue weighted by Gasteiger charge is 2.46. The van der Waals surface area contributed by atoms with Crippen molar-refractivity contribution in [3.05, 3.63) is 63.7 Å². The van der Waals surface area contributed by atoms with Gasteiger partial charge in [0, 0.05) is 30.2 Å². The Labute approximate surface area is 224 Å². The summed E-state index contributed by atoms with van der Waals surface area (Å²) >= 11 is 6.03. The van der Waals surface area contributed by atoms with Gasteiger partial charge in [0.2, 0.25) is 0 Å². The minimum absolute atomic E-state index is 0.129. The Morgan fingerprint density at radius 3 is 2.47 bits per heavy atom. The molecular formula is C26H31ClN6O5. The van der Waals surface area contributed by atoms with E-state index < -0.39 is 41.2 Å². The van der Waals surface area contributed by atoms with Gasteiger partial charge in [0.05, 0.1) is 30.2 Å². The predicted molar refractivity (Wildman–Crippen MR) is 142 cm³/mol. The largest absolute Gasteiger partial charge is 0.465 e. The number of hydrogen-bond donors (Lipinski definition) is 3. The number of benzene rings is 1. The van der Waals surface area contributed by atoms with Crippen molar-refractivity contribution in [2.45, 2.75) is 45.2 Å². The zero-order valence-corrected chi connectivity index (χ0v) is 22.4. The lowest BCUT2D eigenvalue weighted by Crippen LogP contribution is -2.64. The molecule has 11 nitrogen and oxygen atoms in total. The topological polar surface area (TPSA) is 143 Å². The fourth-order valence-electron chi connectivity index (χ4n) is 4.79. The first-order valence-corrected chi connectivity index (χ1v) is 12.5. The van der Waals surface area contributed by atoms with E-state index in [2.05, 4.69) is 15.5 Å². The molecule has 4 rings (SSSR count). The second-order valence-electron chi connectivity index (χ2n) is 10.7. The first-order chi connectivity index (χ1) is 17.8. The maximum Gasteiger partial charge on any atom is 0.407 e. The van der Waals surface area contributed by atoms with Crippen LogP contribution in [0.5, 0.6) is 0 Å². The average molecular weight is 543 g/mol. The van der Waals surface area contributed by atoms with E-state index in [9.17, 15) is 24.6 Å². The summed E-state index contributed by atoms with van der Waals surface area (Å²) in [6, 6.07) is 7.77. The number of aliphatic hydroxyl groups excluding tert-OH is 1. The fraction of sp³-hybridized carbons (Fsp3) is 0.423. The summed E-state index contributed by atoms with van der Waals surface area (Å²) in [6.07, 6.45) is 2.40. The van der Waals surface area contributed by atoms with E-state index in [0.29, 0.717) is 22.0 Å². The summed E-state index contributed by atoms with van der Waals surface area (Å²) in [5.41, 5.74) is -1.01. The summed E-state index contributed by atoms with van der Waals surface area (Å²) in [5.74, 6) is -0.685. The van der Waals surface area contributed by atoms with E-state index >= 15 is 0 Å². The van der Waals surface area contributed by atoms with Crippen LogP contribution in [0.25, 0.3) is 16.9 Å². The average Bonchev–Trinajstić information content (AvgIpc) is 3.29. The lowest BCUT2D eigenvalue weighted by atomic mass is 9.73. The van der Waals surface area contributed by atoms with Gasteiger partial charge in [-0.15, -0.1) is 0 Å². The molecule has 0 spiro atoms. The van der Waals surface area contributed by atoms with E-state index in [1.54, 1.807) is 37.5 Å². The van der Waals surface area contributed by atoms with Gasteiger partial charge in [-0.25, -0.2) is 4.79 Å². The fourth-order valence-corrected chi connectivity index (χ4v) is 4.92. The molecule has 3 heterocycles. The quantitative estimate of drug-likeness (QED) is 0.450. The molecule has 12 heteroatoms. The Morgan fingerprint density at radius 1 is 1.24 bits per heavy atom. The van der Waals surface area contributed by atoms with E-state index in [0.717, 1.165) is 4.68 Å². The zero-order valence-electron chi connectivity index (χ0n) is 21.7. The molecule has 0 radical (unpaired) electrons. The minimum atomic E-state index is -1.11. The Hall–Kier alpha value is -3.70. The van der Waals surface area contributed by atoms with E-state index in [1.807, 2.05) is 20.8 Å². The molecule has 3 aromatic rings. The van der Waals surface area contributed by atoms with Crippen molar-refractivity contribution in [1.82, 2.24) is 29.8 Å². The van der Waals surface area contributed by atoms with Crippen LogP contribution in [-0.2, 0) is 7.05 Å². The van der Waals surface area contributed by atoms with Gasteiger partial charge in [-0.3, -0.25) is 14.3 Å². The van der Waals surface area contributed by atoms with Crippen LogP contribution in [-0.4, -0.2) is 71.4 Å². The number of carboxylic acid groups (broad SMARTS) is 1. The number of amides is 2. The lowest BCUT2D eigenvalue weighted by molar-refractivity contribution is 0.00338. The Bertz CT molecular complexity index is 1410. The minimum Gasteiger partial charge on any atom is -0.465 e. The number of carbonyl (C=O) groups is 2. The maximum absolute atomic E-state index is 13.7. The van der Waals surface area contributed by atoms with E-state index in [1.165, 1.54) is 21.8 Å². The van der Waals surface area contributed by atoms with Gasteiger partial charge in [0.25, 0.3) is 11.5 Å². The lowest BCUT2D eigenvalue weighted by Gasteiger charge is -2.49. The number of aromatic nitrogens is 4. The number of nitrogens with one attached hydrogen (secondary N) is 1. The summed E-state index contributed by atoms with van der Waals surface area (Å²) in [7, 11) is 1.70. The molecule has 1 fully saturated rings. The van der Waals surface area contributed by atoms with Crippen LogP contribution in [0.2, 0.25) is 5.02 Å². The number of likely N-dealkylation sites (tertiary alicyclic amines) is 1. The highest BCUT2D eigenvalue weighted by molar-refractivity contribution is 6.30. The van der Waals surface area contributed by atoms with Crippen LogP contribution in [0.4, 0.5) is 4.79 Å². The highest BCUT2D eigenvalue weighted by atomic mass is 35.5. The van der Waals surface area contributed by atoms with Crippen LogP contribution in [0.1, 0.15) is 44.0 Å². The Kier molecular flexibility index (Phi) is 7.35. The van der Waals surface area contributed by atoms with Crippen LogP contribution in [0.15, 0.2) is 47.5 Å². The van der Waals surface area contributed by atoms with Gasteiger partial charge in [-0.2, -0.15) is 14.9 Å². The number of rotatable bonds is 5. The molecule has 1 aliphatic heterocycles. The van der Waals surface area contributed by atoms with Gasteiger partial charge in [-0.05, 0) is 36.5 Å². The van der Waals surface area contributed by atoms with Crippen LogP contribution >= 0.6 is 11.6 Å². The van der Waals surface area contributed by atoms with Gasteiger partial charge in [0.15, 0.2) is 0 Å². The number of aliphatic hydroxyl groups is 1. The second-order valence-corrected chi connectivity index (χ2v) is 11.2. The third kappa shape index (κ3) is 5.44. The summed E-state index contributed by atoms with van der Waals surface area (Å²) < 4.78 is 2.63. The van der Waals surface area contributed by atoms with Crippen molar-refractivity contribution in [3.8, 4) is 16.9 Å². The molecule has 0 saturated carbocycles. The molecule has 0 bridgehead atoms. The molecule has 2 aromatic heterocycles. The summed E-state index contributed by atoms with van der Waals surface area (Å²) in [6.45, 7) is 5.46. The van der Waals surface area contributed by atoms with Crippen molar-refractivity contribution >= 4 is 23.6 Å². The van der Waals surface area contributed by atoms with Crippen molar-refractivity contribution < 1.29 is 19.8 Å². The second kappa shape index (κ2) is 10.2. The molecule has 3 N–H and O–H groups in total. The zero-order chi connectivity index (χ0) is 27.8. The monoisotopic (exact) mass is 542 g/mol. The third-order valence-corrected chi connectivity index (χ3v) is 7.20. The molecule has 38 heavy (non-hydrogen) atoms. The standard InChI is InChI=1S/C26H31ClN6O5/c1-25(2,3)21-12-26(15-34,9-10-32(21)24(37)38)29-22(35)19-11-20(16-5-7-17(27)8-6-16)30-33(23(19)36)18-13-28-31(4)14-18/h5-8,11,13-14,21,34H,9-10,12,15H2,1-4H3,(H,29,35)(H,37,38). The van der Waals surface area contributed by atoms with Crippen molar-refractivity contribution in [1.29, 1.82) is 0 Å². The molecule has 2 amide bonds. The summed E-state index contributed by atoms with van der Waals surface area (Å²) in [5, 5.41) is 32.1. The predicted octanol–water partition coefficient (Wildman–Crippen LogP) is 2.94. The van der Waals surface area contributed by atoms with Gasteiger partial charge >= 0.3 is 6.09 Å².